The molecule has 8 heteroatoms. The monoisotopic (exact) mass is 274 g/mol. The first-order valence-electron chi connectivity index (χ1n) is 5.00. The first-order valence-corrected chi connectivity index (χ1v) is 5.88. The molecule has 0 atom stereocenters. The molecule has 0 radical (unpaired) electrons. The second kappa shape index (κ2) is 4.89. The van der Waals surface area contributed by atoms with Crippen molar-refractivity contribution in [2.45, 2.75) is 19.6 Å². The van der Waals surface area contributed by atoms with Crippen molar-refractivity contribution in [3.63, 3.8) is 0 Å². The Kier molecular flexibility index (Phi) is 3.46. The van der Waals surface area contributed by atoms with Crippen LogP contribution in [0, 0.1) is 6.92 Å². The number of rotatable bonds is 3. The van der Waals surface area contributed by atoms with Crippen LogP contribution < -0.4 is 5.32 Å². The fraction of sp³-hybridized carbons (Fsp3) is 0.300. The Hall–Kier alpha value is -1.70. The average Bonchev–Trinajstić information content (AvgIpc) is 2.72. The van der Waals surface area contributed by atoms with Crippen LogP contribution in [0.5, 0.6) is 0 Å². The molecule has 1 N–H and O–H groups in total. The number of nitrogens with one attached hydrogen (secondary N) is 1. The molecule has 0 aromatic carbocycles. The lowest BCUT2D eigenvalue weighted by Gasteiger charge is -2.07. The minimum Gasteiger partial charge on any atom is -0.348 e. The van der Waals surface area contributed by atoms with Crippen LogP contribution in [-0.4, -0.2) is 15.0 Å². The first-order chi connectivity index (χ1) is 8.45. The Morgan fingerprint density at radius 1 is 1.33 bits per heavy atom. The lowest BCUT2D eigenvalue weighted by Crippen LogP contribution is -2.11. The van der Waals surface area contributed by atoms with Crippen molar-refractivity contribution in [1.82, 2.24) is 15.0 Å². The van der Waals surface area contributed by atoms with Gasteiger partial charge in [0.25, 0.3) is 0 Å². The quantitative estimate of drug-likeness (QED) is 0.935. The number of hydrogen-bond acceptors (Lipinski definition) is 5. The van der Waals surface area contributed by atoms with Crippen LogP contribution in [0.25, 0.3) is 0 Å². The van der Waals surface area contributed by atoms with E-state index < -0.39 is 11.9 Å². The van der Waals surface area contributed by atoms with Crippen molar-refractivity contribution in [3.05, 3.63) is 34.0 Å². The summed E-state index contributed by atoms with van der Waals surface area (Å²) in [4.78, 5) is 11.3. The Bertz CT molecular complexity index is 538. The Morgan fingerprint density at radius 3 is 2.72 bits per heavy atom. The van der Waals surface area contributed by atoms with E-state index in [-0.39, 0.29) is 5.95 Å². The van der Waals surface area contributed by atoms with E-state index in [1.54, 1.807) is 0 Å². The van der Waals surface area contributed by atoms with Gasteiger partial charge in [-0.1, -0.05) is 0 Å². The molecule has 2 rings (SSSR count). The predicted molar refractivity (Wildman–Crippen MR) is 61.2 cm³/mol. The van der Waals surface area contributed by atoms with Crippen molar-refractivity contribution in [1.29, 1.82) is 0 Å². The van der Waals surface area contributed by atoms with Gasteiger partial charge >= 0.3 is 6.18 Å². The van der Waals surface area contributed by atoms with Gasteiger partial charge in [0.15, 0.2) is 0 Å². The van der Waals surface area contributed by atoms with Gasteiger partial charge in [-0.05, 0) is 13.0 Å². The second-order valence-electron chi connectivity index (χ2n) is 3.50. The van der Waals surface area contributed by atoms with Crippen LogP contribution in [0.4, 0.5) is 19.1 Å². The molecule has 2 aromatic heterocycles. The van der Waals surface area contributed by atoms with Crippen molar-refractivity contribution >= 4 is 17.3 Å². The third kappa shape index (κ3) is 3.16. The van der Waals surface area contributed by atoms with E-state index in [4.69, 9.17) is 0 Å². The SMILES string of the molecule is Cc1csc(CNc2nccc(C(F)(F)F)n2)n1. The van der Waals surface area contributed by atoms with Crippen LogP contribution in [-0.2, 0) is 12.7 Å². The molecular formula is C10H9F3N4S. The summed E-state index contributed by atoms with van der Waals surface area (Å²) in [5, 5.41) is 5.35. The highest BCUT2D eigenvalue weighted by molar-refractivity contribution is 7.09. The molecule has 0 bridgehead atoms. The van der Waals surface area contributed by atoms with E-state index in [9.17, 15) is 13.2 Å². The fourth-order valence-electron chi connectivity index (χ4n) is 1.24. The molecule has 0 amide bonds. The van der Waals surface area contributed by atoms with Crippen molar-refractivity contribution in [3.8, 4) is 0 Å². The van der Waals surface area contributed by atoms with Crippen molar-refractivity contribution < 1.29 is 13.2 Å². The number of alkyl halides is 3. The van der Waals surface area contributed by atoms with Gasteiger partial charge < -0.3 is 5.32 Å². The zero-order valence-corrected chi connectivity index (χ0v) is 10.1. The summed E-state index contributed by atoms with van der Waals surface area (Å²) < 4.78 is 37.2. The highest BCUT2D eigenvalue weighted by atomic mass is 32.1. The topological polar surface area (TPSA) is 50.7 Å². The largest absolute Gasteiger partial charge is 0.433 e. The van der Waals surface area contributed by atoms with Gasteiger partial charge in [0.2, 0.25) is 5.95 Å². The molecule has 0 aliphatic carbocycles. The summed E-state index contributed by atoms with van der Waals surface area (Å²) in [5.74, 6) is -0.0577. The normalized spacial score (nSPS) is 11.6. The Morgan fingerprint density at radius 2 is 2.11 bits per heavy atom. The van der Waals surface area contributed by atoms with Gasteiger partial charge in [-0.15, -0.1) is 11.3 Å². The van der Waals surface area contributed by atoms with Crippen LogP contribution >= 0.6 is 11.3 Å². The van der Waals surface area contributed by atoms with Gasteiger partial charge in [0.05, 0.1) is 6.54 Å². The van der Waals surface area contributed by atoms with Crippen LogP contribution in [0.3, 0.4) is 0 Å². The van der Waals surface area contributed by atoms with Crippen LogP contribution in [0.2, 0.25) is 0 Å². The number of aromatic nitrogens is 3. The maximum Gasteiger partial charge on any atom is 0.433 e. The van der Waals surface area contributed by atoms with E-state index in [0.717, 1.165) is 23.0 Å². The maximum absolute atomic E-state index is 12.4. The second-order valence-corrected chi connectivity index (χ2v) is 4.44. The van der Waals surface area contributed by atoms with Crippen LogP contribution in [0.1, 0.15) is 16.4 Å². The van der Waals surface area contributed by atoms with Gasteiger partial charge in [0.1, 0.15) is 10.7 Å². The maximum atomic E-state index is 12.4. The minimum atomic E-state index is -4.46. The Balaban J connectivity index is 2.06. The molecule has 0 saturated heterocycles. The van der Waals surface area contributed by atoms with Crippen molar-refractivity contribution in [2.24, 2.45) is 0 Å². The molecule has 96 valence electrons. The van der Waals surface area contributed by atoms with Crippen molar-refractivity contribution in [2.75, 3.05) is 5.32 Å². The average molecular weight is 274 g/mol. The van der Waals surface area contributed by atoms with Gasteiger partial charge in [-0.3, -0.25) is 0 Å². The first kappa shape index (κ1) is 12.7. The molecule has 0 fully saturated rings. The number of halogens is 3. The van der Waals surface area contributed by atoms with Gasteiger partial charge in [-0.25, -0.2) is 15.0 Å². The molecule has 0 unspecified atom stereocenters. The molecular weight excluding hydrogens is 265 g/mol. The summed E-state index contributed by atoms with van der Waals surface area (Å²) >= 11 is 1.43. The highest BCUT2D eigenvalue weighted by Crippen LogP contribution is 2.27. The molecule has 2 aromatic rings. The molecule has 18 heavy (non-hydrogen) atoms. The van der Waals surface area contributed by atoms with Gasteiger partial charge in [-0.2, -0.15) is 13.2 Å². The summed E-state index contributed by atoms with van der Waals surface area (Å²) in [6, 6.07) is 0.832. The van der Waals surface area contributed by atoms with E-state index in [2.05, 4.69) is 20.3 Å². The van der Waals surface area contributed by atoms with Gasteiger partial charge in [0, 0.05) is 17.3 Å². The lowest BCUT2D eigenvalue weighted by atomic mass is 10.4. The number of hydrogen-bond donors (Lipinski definition) is 1. The fourth-order valence-corrected chi connectivity index (χ4v) is 1.95. The minimum absolute atomic E-state index is 0.0577. The number of aryl methyl sites for hydroxylation is 1. The smallest absolute Gasteiger partial charge is 0.348 e. The third-order valence-corrected chi connectivity index (χ3v) is 2.98. The number of anilines is 1. The number of thiazole rings is 1. The predicted octanol–water partition coefficient (Wildman–Crippen LogP) is 2.87. The van der Waals surface area contributed by atoms with E-state index >= 15 is 0 Å². The summed E-state index contributed by atoms with van der Waals surface area (Å²) in [6.45, 7) is 2.15. The summed E-state index contributed by atoms with van der Waals surface area (Å²) in [7, 11) is 0. The number of nitrogens with zero attached hydrogens (tertiary/aromatic N) is 3. The molecule has 0 spiro atoms. The molecule has 0 aliphatic rings. The van der Waals surface area contributed by atoms with Crippen LogP contribution in [0.15, 0.2) is 17.6 Å². The highest BCUT2D eigenvalue weighted by Gasteiger charge is 2.32. The lowest BCUT2D eigenvalue weighted by molar-refractivity contribution is -0.141. The molecule has 4 nitrogen and oxygen atoms in total. The zero-order chi connectivity index (χ0) is 13.2. The third-order valence-electron chi connectivity index (χ3n) is 2.01. The van der Waals surface area contributed by atoms with E-state index in [1.807, 2.05) is 12.3 Å². The van der Waals surface area contributed by atoms with E-state index in [1.165, 1.54) is 11.3 Å². The molecule has 0 aliphatic heterocycles. The standard InChI is InChI=1S/C10H9F3N4S/c1-6-5-18-8(16-6)4-15-9-14-3-2-7(17-9)10(11,12)13/h2-3,5H,4H2,1H3,(H,14,15,17). The Labute approximate surface area is 105 Å². The molecule has 0 saturated carbocycles. The summed E-state index contributed by atoms with van der Waals surface area (Å²) in [5.41, 5.74) is -0.0860. The molecule has 2 heterocycles. The zero-order valence-electron chi connectivity index (χ0n) is 9.32. The summed E-state index contributed by atoms with van der Waals surface area (Å²) in [6.07, 6.45) is -3.39. The van der Waals surface area contributed by atoms with E-state index in [0.29, 0.717) is 6.54 Å².